The summed E-state index contributed by atoms with van der Waals surface area (Å²) < 4.78 is 0. The Hall–Kier alpha value is -1.23. The second-order valence-electron chi connectivity index (χ2n) is 4.55. The molecule has 2 heterocycles. The molecule has 4 heteroatoms. The van der Waals surface area contributed by atoms with Gasteiger partial charge in [0.1, 0.15) is 0 Å². The van der Waals surface area contributed by atoms with Crippen molar-refractivity contribution >= 4 is 11.3 Å². The maximum Gasteiger partial charge on any atom is 0.0638 e. The highest BCUT2D eigenvalue weighted by molar-refractivity contribution is 7.09. The molecule has 0 aromatic carbocycles. The number of hydrogen-bond acceptors (Lipinski definition) is 4. The lowest BCUT2D eigenvalue weighted by atomic mass is 10.0. The third-order valence-corrected chi connectivity index (χ3v) is 3.98. The number of aryl methyl sites for hydroxylation is 3. The van der Waals surface area contributed by atoms with E-state index in [9.17, 15) is 0 Å². The molecule has 0 aliphatic carbocycles. The molecule has 0 spiro atoms. The molecule has 0 radical (unpaired) electrons. The molecule has 96 valence electrons. The van der Waals surface area contributed by atoms with Gasteiger partial charge in [-0.15, -0.1) is 11.3 Å². The van der Waals surface area contributed by atoms with Gasteiger partial charge < -0.3 is 0 Å². The van der Waals surface area contributed by atoms with Gasteiger partial charge in [0.05, 0.1) is 11.7 Å². The first kappa shape index (κ1) is 13.2. The number of aromatic nitrogens is 1. The average molecular weight is 261 g/mol. The van der Waals surface area contributed by atoms with Gasteiger partial charge in [-0.1, -0.05) is 12.1 Å². The van der Waals surface area contributed by atoms with E-state index < -0.39 is 0 Å². The minimum absolute atomic E-state index is 0.118. The van der Waals surface area contributed by atoms with Gasteiger partial charge in [-0.25, -0.2) is 0 Å². The van der Waals surface area contributed by atoms with Crippen molar-refractivity contribution in [2.24, 2.45) is 5.84 Å². The predicted molar refractivity (Wildman–Crippen MR) is 76.4 cm³/mol. The number of rotatable bonds is 5. The minimum Gasteiger partial charge on any atom is -0.271 e. The fraction of sp³-hybridized carbons (Fsp3) is 0.357. The number of nitrogens with two attached hydrogens (primary N) is 1. The molecule has 0 bridgehead atoms. The van der Waals surface area contributed by atoms with Crippen molar-refractivity contribution in [1.82, 2.24) is 10.4 Å². The monoisotopic (exact) mass is 261 g/mol. The number of nitrogens with one attached hydrogen (secondary N) is 1. The average Bonchev–Trinajstić information content (AvgIpc) is 2.85. The smallest absolute Gasteiger partial charge is 0.0638 e. The first-order valence-electron chi connectivity index (χ1n) is 6.12. The zero-order valence-corrected chi connectivity index (χ0v) is 11.6. The lowest BCUT2D eigenvalue weighted by Gasteiger charge is -2.17. The van der Waals surface area contributed by atoms with E-state index in [1.54, 1.807) is 11.3 Å². The number of hydrogen-bond donors (Lipinski definition) is 2. The fourth-order valence-electron chi connectivity index (χ4n) is 2.13. The Balaban J connectivity index is 2.08. The molecule has 3 N–H and O–H groups in total. The van der Waals surface area contributed by atoms with Crippen LogP contribution in [0, 0.1) is 13.8 Å². The summed E-state index contributed by atoms with van der Waals surface area (Å²) in [6.07, 6.45) is 3.90. The van der Waals surface area contributed by atoms with Crippen LogP contribution in [0.3, 0.4) is 0 Å². The summed E-state index contributed by atoms with van der Waals surface area (Å²) >= 11 is 1.79. The highest BCUT2D eigenvalue weighted by Crippen LogP contribution is 2.21. The second-order valence-corrected chi connectivity index (χ2v) is 5.58. The molecular formula is C14H19N3S. The van der Waals surface area contributed by atoms with E-state index >= 15 is 0 Å². The van der Waals surface area contributed by atoms with Crippen molar-refractivity contribution in [2.45, 2.75) is 32.7 Å². The lowest BCUT2D eigenvalue weighted by molar-refractivity contribution is 0.503. The van der Waals surface area contributed by atoms with Crippen molar-refractivity contribution in [1.29, 1.82) is 0 Å². The maximum atomic E-state index is 5.66. The van der Waals surface area contributed by atoms with E-state index in [0.29, 0.717) is 0 Å². The van der Waals surface area contributed by atoms with Crippen molar-refractivity contribution in [2.75, 3.05) is 0 Å². The fourth-order valence-corrected chi connectivity index (χ4v) is 2.86. The molecule has 2 rings (SSSR count). The van der Waals surface area contributed by atoms with Gasteiger partial charge in [-0.3, -0.25) is 16.3 Å². The highest BCUT2D eigenvalue weighted by atomic mass is 32.1. The van der Waals surface area contributed by atoms with E-state index in [1.165, 1.54) is 16.0 Å². The first-order chi connectivity index (χ1) is 8.70. The standard InChI is InChI=1S/C14H19N3S/c1-10-8-11(2)14(16-9-10)13(17-15)6-5-12-4-3-7-18-12/h3-4,7-9,13,17H,5-6,15H2,1-2H3. The van der Waals surface area contributed by atoms with Gasteiger partial charge >= 0.3 is 0 Å². The Labute approximate surface area is 112 Å². The van der Waals surface area contributed by atoms with Crippen LogP contribution in [-0.4, -0.2) is 4.98 Å². The van der Waals surface area contributed by atoms with Crippen LogP contribution in [0.5, 0.6) is 0 Å². The van der Waals surface area contributed by atoms with Gasteiger partial charge in [0, 0.05) is 11.1 Å². The number of pyridine rings is 1. The van der Waals surface area contributed by atoms with Crippen LogP contribution in [0.4, 0.5) is 0 Å². The van der Waals surface area contributed by atoms with Crippen LogP contribution >= 0.6 is 11.3 Å². The van der Waals surface area contributed by atoms with E-state index in [1.807, 2.05) is 6.20 Å². The van der Waals surface area contributed by atoms with Crippen LogP contribution in [0.1, 0.15) is 34.2 Å². The third-order valence-electron chi connectivity index (χ3n) is 3.05. The molecule has 0 saturated carbocycles. The Kier molecular flexibility index (Phi) is 4.47. The zero-order valence-electron chi connectivity index (χ0n) is 10.8. The molecule has 0 amide bonds. The molecule has 18 heavy (non-hydrogen) atoms. The van der Waals surface area contributed by atoms with Crippen LogP contribution in [-0.2, 0) is 6.42 Å². The molecule has 1 unspecified atom stereocenters. The molecule has 2 aromatic heterocycles. The van der Waals surface area contributed by atoms with Crippen molar-refractivity contribution in [3.63, 3.8) is 0 Å². The summed E-state index contributed by atoms with van der Waals surface area (Å²) in [7, 11) is 0. The quantitative estimate of drug-likeness (QED) is 0.643. The van der Waals surface area contributed by atoms with E-state index in [2.05, 4.69) is 47.8 Å². The lowest BCUT2D eigenvalue weighted by Crippen LogP contribution is -2.29. The van der Waals surface area contributed by atoms with E-state index in [0.717, 1.165) is 18.5 Å². The van der Waals surface area contributed by atoms with Gasteiger partial charge in [-0.05, 0) is 49.3 Å². The van der Waals surface area contributed by atoms with Crippen LogP contribution < -0.4 is 11.3 Å². The summed E-state index contributed by atoms with van der Waals surface area (Å²) in [5.74, 6) is 5.66. The van der Waals surface area contributed by atoms with Crippen LogP contribution in [0.15, 0.2) is 29.8 Å². The van der Waals surface area contributed by atoms with Crippen molar-refractivity contribution in [3.8, 4) is 0 Å². The molecule has 2 aromatic rings. The number of nitrogens with zero attached hydrogens (tertiary/aromatic N) is 1. The normalized spacial score (nSPS) is 12.6. The van der Waals surface area contributed by atoms with Crippen molar-refractivity contribution < 1.29 is 0 Å². The summed E-state index contributed by atoms with van der Waals surface area (Å²) in [5.41, 5.74) is 6.32. The molecule has 0 aliphatic heterocycles. The zero-order chi connectivity index (χ0) is 13.0. The van der Waals surface area contributed by atoms with E-state index in [4.69, 9.17) is 5.84 Å². The molecule has 3 nitrogen and oxygen atoms in total. The van der Waals surface area contributed by atoms with E-state index in [-0.39, 0.29) is 6.04 Å². The molecule has 1 atom stereocenters. The van der Waals surface area contributed by atoms with Gasteiger partial charge in [-0.2, -0.15) is 0 Å². The Morgan fingerprint density at radius 2 is 2.28 bits per heavy atom. The SMILES string of the molecule is Cc1cnc(C(CCc2cccs2)NN)c(C)c1. The van der Waals surface area contributed by atoms with Gasteiger partial charge in [0.2, 0.25) is 0 Å². The number of thiophene rings is 1. The molecular weight excluding hydrogens is 242 g/mol. The Morgan fingerprint density at radius 1 is 1.44 bits per heavy atom. The molecule has 0 aliphatic rings. The van der Waals surface area contributed by atoms with Crippen LogP contribution in [0.2, 0.25) is 0 Å². The summed E-state index contributed by atoms with van der Waals surface area (Å²) in [4.78, 5) is 5.90. The number of hydrazine groups is 1. The molecule has 0 fully saturated rings. The molecule has 0 saturated heterocycles. The predicted octanol–water partition coefficient (Wildman–Crippen LogP) is 2.90. The topological polar surface area (TPSA) is 50.9 Å². The summed E-state index contributed by atoms with van der Waals surface area (Å²) in [6, 6.07) is 6.51. The first-order valence-corrected chi connectivity index (χ1v) is 7.00. The summed E-state index contributed by atoms with van der Waals surface area (Å²) in [6.45, 7) is 4.14. The maximum absolute atomic E-state index is 5.66. The second kappa shape index (κ2) is 6.09. The Morgan fingerprint density at radius 3 is 2.89 bits per heavy atom. The third kappa shape index (κ3) is 3.16. The van der Waals surface area contributed by atoms with Crippen molar-refractivity contribution in [3.05, 3.63) is 51.5 Å². The van der Waals surface area contributed by atoms with Crippen LogP contribution in [0.25, 0.3) is 0 Å². The summed E-state index contributed by atoms with van der Waals surface area (Å²) in [5, 5.41) is 2.11. The van der Waals surface area contributed by atoms with Gasteiger partial charge in [0.15, 0.2) is 0 Å². The minimum atomic E-state index is 0.118. The largest absolute Gasteiger partial charge is 0.271 e. The highest BCUT2D eigenvalue weighted by Gasteiger charge is 2.14. The van der Waals surface area contributed by atoms with Gasteiger partial charge in [0.25, 0.3) is 0 Å². The Bertz CT molecular complexity index is 494.